The third-order valence-electron chi connectivity index (χ3n) is 18.0. The zero-order chi connectivity index (χ0) is 70.4. The van der Waals surface area contributed by atoms with E-state index in [-0.39, 0.29) is 38.6 Å². The maximum Gasteiger partial charge on any atom is 0.306 e. The molecule has 0 amide bonds. The topological polar surface area (TPSA) is 111 Å². The summed E-state index contributed by atoms with van der Waals surface area (Å²) < 4.78 is 22.9. The van der Waals surface area contributed by atoms with Gasteiger partial charge < -0.3 is 33.3 Å². The van der Waals surface area contributed by atoms with Crippen molar-refractivity contribution in [3.8, 4) is 0 Å². The summed E-state index contributed by atoms with van der Waals surface area (Å²) in [5.74, 6) is -2.28. The number of allylic oxidation sites excluding steroid dienone is 18. The lowest BCUT2D eigenvalue weighted by molar-refractivity contribution is -0.870. The summed E-state index contributed by atoms with van der Waals surface area (Å²) in [6, 6.07) is 0. The van der Waals surface area contributed by atoms with Crippen molar-refractivity contribution in [1.29, 1.82) is 0 Å². The third kappa shape index (κ3) is 79.2. The second-order valence-electron chi connectivity index (χ2n) is 28.7. The average Bonchev–Trinajstić information content (AvgIpc) is 2.59. The normalized spacial score (nSPS) is 13.2. The van der Waals surface area contributed by atoms with Gasteiger partial charge in [-0.25, -0.2) is 0 Å². The van der Waals surface area contributed by atoms with Crippen LogP contribution < -0.4 is 5.11 Å². The molecule has 0 aliphatic rings. The van der Waals surface area contributed by atoms with E-state index in [1.54, 1.807) is 0 Å². The Hall–Kier alpha value is -4.05. The molecule has 0 fully saturated rings. The first-order valence-electron chi connectivity index (χ1n) is 41.0. The molecule has 0 radical (unpaired) electrons. The molecule has 9 heteroatoms. The number of likely N-dealkylation sites (N-methyl/N-ethyl adjacent to an activating group) is 1. The second kappa shape index (κ2) is 77.7. The van der Waals surface area contributed by atoms with E-state index in [4.69, 9.17) is 18.9 Å². The van der Waals surface area contributed by atoms with Gasteiger partial charge in [-0.2, -0.15) is 0 Å². The number of aliphatic carboxylic acids is 1. The highest BCUT2D eigenvalue weighted by molar-refractivity contribution is 5.70. The van der Waals surface area contributed by atoms with Crippen molar-refractivity contribution >= 4 is 17.9 Å². The van der Waals surface area contributed by atoms with Crippen molar-refractivity contribution in [2.75, 3.05) is 47.5 Å². The molecule has 0 saturated carbocycles. The maximum atomic E-state index is 13.0. The van der Waals surface area contributed by atoms with Crippen LogP contribution in [0.1, 0.15) is 373 Å². The van der Waals surface area contributed by atoms with Crippen LogP contribution in [0.25, 0.3) is 0 Å². The molecular formula is C88H155NO8. The van der Waals surface area contributed by atoms with E-state index >= 15 is 0 Å². The van der Waals surface area contributed by atoms with Crippen LogP contribution in [-0.2, 0) is 33.3 Å². The van der Waals surface area contributed by atoms with Gasteiger partial charge in [-0.05, 0) is 103 Å². The number of carbonyl (C=O) groups excluding carboxylic acids is 3. The predicted molar refractivity (Wildman–Crippen MR) is 417 cm³/mol. The minimum Gasteiger partial charge on any atom is -0.545 e. The lowest BCUT2D eigenvalue weighted by Crippen LogP contribution is -2.44. The first-order valence-corrected chi connectivity index (χ1v) is 41.0. The summed E-state index contributed by atoms with van der Waals surface area (Å²) in [6.45, 7) is 4.66. The predicted octanol–water partition coefficient (Wildman–Crippen LogP) is 25.1. The van der Waals surface area contributed by atoms with Gasteiger partial charge in [0.1, 0.15) is 13.2 Å². The molecule has 0 aromatic carbocycles. The van der Waals surface area contributed by atoms with E-state index in [1.807, 2.05) is 21.1 Å². The van der Waals surface area contributed by atoms with Gasteiger partial charge in [-0.15, -0.1) is 0 Å². The number of hydrogen-bond acceptors (Lipinski definition) is 8. The van der Waals surface area contributed by atoms with E-state index < -0.39 is 24.3 Å². The first-order chi connectivity index (χ1) is 47.6. The summed E-state index contributed by atoms with van der Waals surface area (Å²) >= 11 is 0. The second-order valence-corrected chi connectivity index (χ2v) is 28.7. The standard InChI is InChI=1S/C88H155NO8/c1-6-8-10-12-14-16-18-20-22-24-26-28-30-32-34-36-38-40-41-42-43-44-45-47-48-50-52-54-56-58-60-62-64-66-68-70-72-74-76-78-85(90)95-82-84(83-96-88(87(92)93)94-81-80-89(3,4)5)97-86(91)79-77-75-73-71-69-67-65-63-61-59-57-55-53-51-49-46-39-37-35-33-31-29-27-25-23-21-19-17-15-13-11-9-7-2/h9,11,15,17,21,23-24,26-27,29,33,35,39,46,51,53,57,59,84,88H,6-8,10,12-14,16,18-20,22,25,28,30-32,34,36-38,40-45,47-50,52,54-56,58,60-83H2,1-5H3/b11-9-,17-15-,23-21-,26-24-,29-27-,35-33-,46-39-,53-51-,59-57-. The van der Waals surface area contributed by atoms with Gasteiger partial charge in [0.2, 0.25) is 0 Å². The molecule has 0 N–H and O–H groups in total. The van der Waals surface area contributed by atoms with Crippen LogP contribution in [0, 0.1) is 0 Å². The summed E-state index contributed by atoms with van der Waals surface area (Å²) in [5.41, 5.74) is 0. The zero-order valence-corrected chi connectivity index (χ0v) is 64.2. The van der Waals surface area contributed by atoms with Crippen molar-refractivity contribution in [3.63, 3.8) is 0 Å². The van der Waals surface area contributed by atoms with Gasteiger partial charge in [0.05, 0.1) is 40.3 Å². The van der Waals surface area contributed by atoms with Crippen molar-refractivity contribution < 1.29 is 42.9 Å². The van der Waals surface area contributed by atoms with Crippen molar-refractivity contribution in [2.45, 2.75) is 386 Å². The first kappa shape index (κ1) is 93.0. The van der Waals surface area contributed by atoms with Crippen LogP contribution in [0.2, 0.25) is 0 Å². The van der Waals surface area contributed by atoms with Crippen molar-refractivity contribution in [2.24, 2.45) is 0 Å². The number of carbonyl (C=O) groups is 3. The molecule has 560 valence electrons. The van der Waals surface area contributed by atoms with Gasteiger partial charge in [0.25, 0.3) is 0 Å². The minimum absolute atomic E-state index is 0.143. The highest BCUT2D eigenvalue weighted by Crippen LogP contribution is 2.19. The van der Waals surface area contributed by atoms with Crippen molar-refractivity contribution in [1.82, 2.24) is 0 Å². The Morgan fingerprint density at radius 1 is 0.320 bits per heavy atom. The Labute approximate surface area is 600 Å². The van der Waals surface area contributed by atoms with E-state index in [0.717, 1.165) is 96.3 Å². The Morgan fingerprint density at radius 2 is 0.588 bits per heavy atom. The minimum atomic E-state index is -1.63. The number of nitrogens with zero attached hydrogens (tertiary/aromatic N) is 1. The van der Waals surface area contributed by atoms with Crippen LogP contribution in [0.3, 0.4) is 0 Å². The van der Waals surface area contributed by atoms with E-state index in [1.165, 1.54) is 244 Å². The number of ether oxygens (including phenoxy) is 4. The average molecular weight is 1360 g/mol. The van der Waals surface area contributed by atoms with Crippen molar-refractivity contribution in [3.05, 3.63) is 109 Å². The van der Waals surface area contributed by atoms with Crippen LogP contribution in [0.5, 0.6) is 0 Å². The summed E-state index contributed by atoms with van der Waals surface area (Å²) in [5, 5.41) is 11.9. The van der Waals surface area contributed by atoms with Crippen LogP contribution in [0.4, 0.5) is 0 Å². The number of esters is 2. The van der Waals surface area contributed by atoms with E-state index in [9.17, 15) is 19.5 Å². The van der Waals surface area contributed by atoms with Crippen LogP contribution in [0.15, 0.2) is 109 Å². The molecule has 97 heavy (non-hydrogen) atoms. The van der Waals surface area contributed by atoms with Gasteiger partial charge in [-0.1, -0.05) is 367 Å². The fraction of sp³-hybridized carbons (Fsp3) is 0.761. The van der Waals surface area contributed by atoms with Gasteiger partial charge in [-0.3, -0.25) is 9.59 Å². The molecule has 0 aromatic heterocycles. The fourth-order valence-corrected chi connectivity index (χ4v) is 11.8. The summed E-state index contributed by atoms with van der Waals surface area (Å²) in [6.07, 6.45) is 107. The molecule has 2 unspecified atom stereocenters. The highest BCUT2D eigenvalue weighted by Gasteiger charge is 2.22. The van der Waals surface area contributed by atoms with E-state index in [0.29, 0.717) is 17.4 Å². The highest BCUT2D eigenvalue weighted by atomic mass is 16.7. The summed E-state index contributed by atoms with van der Waals surface area (Å²) in [4.78, 5) is 37.6. The zero-order valence-electron chi connectivity index (χ0n) is 64.2. The number of rotatable bonds is 76. The molecule has 0 bridgehead atoms. The molecule has 2 atom stereocenters. The molecule has 9 nitrogen and oxygen atoms in total. The molecular weight excluding hydrogens is 1200 g/mol. The number of unbranched alkanes of at least 4 members (excludes halogenated alkanes) is 43. The quantitative estimate of drug-likeness (QED) is 0.0195. The maximum absolute atomic E-state index is 13.0. The molecule has 0 aromatic rings. The largest absolute Gasteiger partial charge is 0.545 e. The third-order valence-corrected chi connectivity index (χ3v) is 18.0. The lowest BCUT2D eigenvalue weighted by atomic mass is 10.0. The van der Waals surface area contributed by atoms with Crippen LogP contribution >= 0.6 is 0 Å². The number of hydrogen-bond donors (Lipinski definition) is 0. The Balaban J connectivity index is 4.02. The smallest absolute Gasteiger partial charge is 0.306 e. The van der Waals surface area contributed by atoms with Crippen LogP contribution in [-0.4, -0.2) is 82.3 Å². The molecule has 0 rings (SSSR count). The van der Waals surface area contributed by atoms with Gasteiger partial charge in [0.15, 0.2) is 12.4 Å². The van der Waals surface area contributed by atoms with Gasteiger partial charge in [0, 0.05) is 12.8 Å². The molecule has 0 aliphatic heterocycles. The summed E-state index contributed by atoms with van der Waals surface area (Å²) in [7, 11) is 5.94. The molecule has 0 heterocycles. The monoisotopic (exact) mass is 1350 g/mol. The Morgan fingerprint density at radius 3 is 0.887 bits per heavy atom. The lowest BCUT2D eigenvalue weighted by Gasteiger charge is -2.26. The fourth-order valence-electron chi connectivity index (χ4n) is 11.8. The number of carboxylic acids is 1. The number of quaternary nitrogens is 1. The SMILES string of the molecule is CC/C=C\C/C=C\C/C=C\C/C=C\C/C=C\C/C=C\C/C=C\C/C=C\CCCCCCCCCCC(=O)OC(COC(=O)CCCCCCCCCCCCCCCCCCCCCCCCCCCCC/C=C\CCCCCCCCCC)COC(OCC[N+](C)(C)C)C(=O)[O-]. The molecule has 0 spiro atoms. The number of carboxylic acid groups (broad SMARTS) is 1. The van der Waals surface area contributed by atoms with Gasteiger partial charge >= 0.3 is 11.9 Å². The van der Waals surface area contributed by atoms with E-state index in [2.05, 4.69) is 123 Å². The Bertz CT molecular complexity index is 1970. The molecule has 0 aliphatic carbocycles. The Kier molecular flexibility index (Phi) is 74.4. The molecule has 0 saturated heterocycles.